The average molecular weight is 274 g/mol. The molecule has 0 aromatic heterocycles. The first kappa shape index (κ1) is 13.3. The fraction of sp³-hybridized carbons (Fsp3) is 0.500. The third-order valence-electron chi connectivity index (χ3n) is 4.29. The third kappa shape index (κ3) is 2.04. The Labute approximate surface area is 118 Å². The van der Waals surface area contributed by atoms with Crippen LogP contribution in [-0.2, 0) is 25.5 Å². The van der Waals surface area contributed by atoms with Gasteiger partial charge in [-0.2, -0.15) is 0 Å². The average Bonchev–Trinajstić information content (AvgIpc) is 2.73. The highest BCUT2D eigenvalue weighted by Crippen LogP contribution is 2.45. The quantitative estimate of drug-likeness (QED) is 0.627. The van der Waals surface area contributed by atoms with Crippen LogP contribution in [0.4, 0.5) is 0 Å². The number of ether oxygens (including phenoxy) is 2. The summed E-state index contributed by atoms with van der Waals surface area (Å²) in [7, 11) is 0. The van der Waals surface area contributed by atoms with Crippen molar-refractivity contribution >= 4 is 11.9 Å². The number of carbonyl (C=O) groups is 2. The molecule has 0 saturated carbocycles. The second kappa shape index (κ2) is 5.02. The molecular weight excluding hydrogens is 256 g/mol. The van der Waals surface area contributed by atoms with E-state index in [0.29, 0.717) is 6.42 Å². The normalized spacial score (nSPS) is 29.6. The van der Waals surface area contributed by atoms with Crippen LogP contribution in [0.2, 0.25) is 0 Å². The lowest BCUT2D eigenvalue weighted by Crippen LogP contribution is -2.34. The molecule has 1 fully saturated rings. The number of benzene rings is 1. The van der Waals surface area contributed by atoms with Gasteiger partial charge in [0.2, 0.25) is 0 Å². The lowest BCUT2D eigenvalue weighted by molar-refractivity contribution is -0.155. The summed E-state index contributed by atoms with van der Waals surface area (Å²) in [6, 6.07) is 7.86. The van der Waals surface area contributed by atoms with Crippen molar-refractivity contribution in [2.24, 2.45) is 11.8 Å². The van der Waals surface area contributed by atoms with Gasteiger partial charge in [-0.1, -0.05) is 31.2 Å². The number of fused-ring (bicyclic) bond motifs is 2. The van der Waals surface area contributed by atoms with Crippen molar-refractivity contribution in [3.05, 3.63) is 35.4 Å². The van der Waals surface area contributed by atoms with Gasteiger partial charge in [0.15, 0.2) is 0 Å². The predicted molar refractivity (Wildman–Crippen MR) is 71.8 cm³/mol. The van der Waals surface area contributed by atoms with Gasteiger partial charge < -0.3 is 9.47 Å². The Bertz CT molecular complexity index is 551. The van der Waals surface area contributed by atoms with Crippen molar-refractivity contribution in [3.8, 4) is 0 Å². The van der Waals surface area contributed by atoms with E-state index in [-0.39, 0.29) is 12.2 Å². The number of cyclic esters (lactones) is 2. The molecule has 4 atom stereocenters. The molecule has 1 aliphatic carbocycles. The van der Waals surface area contributed by atoms with E-state index in [9.17, 15) is 9.59 Å². The van der Waals surface area contributed by atoms with Gasteiger partial charge in [0.25, 0.3) is 0 Å². The first-order valence-electron chi connectivity index (χ1n) is 7.10. The fourth-order valence-corrected chi connectivity index (χ4v) is 3.03. The molecule has 0 bridgehead atoms. The molecule has 0 radical (unpaired) electrons. The Morgan fingerprint density at radius 2 is 2.05 bits per heavy atom. The van der Waals surface area contributed by atoms with Gasteiger partial charge in [-0.25, -0.2) is 0 Å². The topological polar surface area (TPSA) is 52.6 Å². The molecule has 0 spiro atoms. The maximum Gasteiger partial charge on any atom is 0.320 e. The van der Waals surface area contributed by atoms with E-state index in [4.69, 9.17) is 9.47 Å². The van der Waals surface area contributed by atoms with Crippen molar-refractivity contribution in [2.75, 3.05) is 0 Å². The molecule has 106 valence electrons. The number of hydrogen-bond acceptors (Lipinski definition) is 4. The van der Waals surface area contributed by atoms with E-state index in [1.807, 2.05) is 38.1 Å². The summed E-state index contributed by atoms with van der Waals surface area (Å²) in [5.74, 6) is -1.74. The van der Waals surface area contributed by atoms with E-state index in [2.05, 4.69) is 0 Å². The zero-order valence-electron chi connectivity index (χ0n) is 11.7. The minimum absolute atomic E-state index is 0.0373. The maximum absolute atomic E-state index is 12.0. The van der Waals surface area contributed by atoms with Gasteiger partial charge in [-0.15, -0.1) is 0 Å². The summed E-state index contributed by atoms with van der Waals surface area (Å²) in [5, 5.41) is 0. The molecule has 1 aromatic rings. The molecule has 4 nitrogen and oxygen atoms in total. The molecule has 1 aliphatic heterocycles. The highest BCUT2D eigenvalue weighted by atomic mass is 16.6. The van der Waals surface area contributed by atoms with Crippen molar-refractivity contribution in [3.63, 3.8) is 0 Å². The fourth-order valence-electron chi connectivity index (χ4n) is 3.03. The van der Waals surface area contributed by atoms with Crippen LogP contribution < -0.4 is 0 Å². The highest BCUT2D eigenvalue weighted by Gasteiger charge is 2.52. The number of rotatable bonds is 3. The lowest BCUT2D eigenvalue weighted by Gasteiger charge is -2.33. The highest BCUT2D eigenvalue weighted by molar-refractivity contribution is 5.97. The summed E-state index contributed by atoms with van der Waals surface area (Å²) >= 11 is 0. The van der Waals surface area contributed by atoms with Crippen LogP contribution in [0.15, 0.2) is 24.3 Å². The molecule has 4 unspecified atom stereocenters. The Kier molecular flexibility index (Phi) is 3.34. The first-order valence-corrected chi connectivity index (χ1v) is 7.10. The van der Waals surface area contributed by atoms with E-state index >= 15 is 0 Å². The van der Waals surface area contributed by atoms with E-state index < -0.39 is 23.8 Å². The summed E-state index contributed by atoms with van der Waals surface area (Å²) in [4.78, 5) is 23.8. The minimum atomic E-state index is -0.494. The Morgan fingerprint density at radius 3 is 2.80 bits per heavy atom. The van der Waals surface area contributed by atoms with Crippen molar-refractivity contribution in [1.82, 2.24) is 0 Å². The van der Waals surface area contributed by atoms with Crippen LogP contribution >= 0.6 is 0 Å². The molecule has 1 heterocycles. The second-order valence-corrected chi connectivity index (χ2v) is 5.55. The molecule has 0 N–H and O–H groups in total. The summed E-state index contributed by atoms with van der Waals surface area (Å²) in [6.45, 7) is 4.02. The third-order valence-corrected chi connectivity index (χ3v) is 4.29. The Morgan fingerprint density at radius 1 is 1.30 bits per heavy atom. The molecule has 20 heavy (non-hydrogen) atoms. The van der Waals surface area contributed by atoms with Crippen LogP contribution in [0, 0.1) is 11.8 Å². The number of hydrogen-bond donors (Lipinski definition) is 0. The number of esters is 2. The molecule has 1 aromatic carbocycles. The Balaban J connectivity index is 2.02. The lowest BCUT2D eigenvalue weighted by atomic mass is 9.75. The first-order chi connectivity index (χ1) is 9.61. The molecular formula is C16H18O4. The van der Waals surface area contributed by atoms with E-state index in [1.54, 1.807) is 0 Å². The summed E-state index contributed by atoms with van der Waals surface area (Å²) in [5.41, 5.74) is 2.09. The molecule has 4 heteroatoms. The van der Waals surface area contributed by atoms with Gasteiger partial charge in [0.05, 0.1) is 18.1 Å². The summed E-state index contributed by atoms with van der Waals surface area (Å²) < 4.78 is 10.9. The SMILES string of the molecule is CCC(C)OC1c2ccccc2CC2C(=O)OC(=O)C21. The van der Waals surface area contributed by atoms with Gasteiger partial charge in [-0.3, -0.25) is 9.59 Å². The van der Waals surface area contributed by atoms with Gasteiger partial charge in [0, 0.05) is 0 Å². The molecule has 3 rings (SSSR count). The Hall–Kier alpha value is -1.68. The smallest absolute Gasteiger partial charge is 0.320 e. The minimum Gasteiger partial charge on any atom is -0.393 e. The van der Waals surface area contributed by atoms with Crippen LogP contribution in [0.25, 0.3) is 0 Å². The molecule has 2 aliphatic rings. The standard InChI is InChI=1S/C16H18O4/c1-3-9(2)19-14-11-7-5-4-6-10(11)8-12-13(14)16(18)20-15(12)17/h4-7,9,12-14H,3,8H2,1-2H3. The van der Waals surface area contributed by atoms with Gasteiger partial charge >= 0.3 is 11.9 Å². The van der Waals surface area contributed by atoms with Crippen molar-refractivity contribution in [2.45, 2.75) is 38.9 Å². The van der Waals surface area contributed by atoms with Crippen molar-refractivity contribution < 1.29 is 19.1 Å². The van der Waals surface area contributed by atoms with Crippen LogP contribution in [0.3, 0.4) is 0 Å². The van der Waals surface area contributed by atoms with E-state index in [0.717, 1.165) is 17.5 Å². The maximum atomic E-state index is 12.0. The van der Waals surface area contributed by atoms with Gasteiger partial charge in [-0.05, 0) is 30.9 Å². The monoisotopic (exact) mass is 274 g/mol. The molecule has 0 amide bonds. The molecule has 1 saturated heterocycles. The van der Waals surface area contributed by atoms with Gasteiger partial charge in [0.1, 0.15) is 5.92 Å². The predicted octanol–water partition coefficient (Wildman–Crippen LogP) is 2.41. The zero-order valence-corrected chi connectivity index (χ0v) is 11.7. The second-order valence-electron chi connectivity index (χ2n) is 5.55. The van der Waals surface area contributed by atoms with Crippen molar-refractivity contribution in [1.29, 1.82) is 0 Å². The number of carbonyl (C=O) groups excluding carboxylic acids is 2. The van der Waals surface area contributed by atoms with Crippen LogP contribution in [0.5, 0.6) is 0 Å². The van der Waals surface area contributed by atoms with Crippen LogP contribution in [-0.4, -0.2) is 18.0 Å². The van der Waals surface area contributed by atoms with Crippen LogP contribution in [0.1, 0.15) is 37.5 Å². The van der Waals surface area contributed by atoms with E-state index in [1.165, 1.54) is 0 Å². The summed E-state index contributed by atoms with van der Waals surface area (Å²) in [6.07, 6.45) is 1.08. The zero-order chi connectivity index (χ0) is 14.3. The largest absolute Gasteiger partial charge is 0.393 e.